The van der Waals surface area contributed by atoms with Gasteiger partial charge in [0.15, 0.2) is 0 Å². The van der Waals surface area contributed by atoms with Crippen LogP contribution in [0.4, 0.5) is 5.69 Å². The number of hydrogen-bond donors (Lipinski definition) is 0. The first-order valence-electron chi connectivity index (χ1n) is 12.1. The number of anilines is 1. The molecule has 7 nitrogen and oxygen atoms in total. The molecule has 3 aliphatic heterocycles. The van der Waals surface area contributed by atoms with Gasteiger partial charge < -0.3 is 14.2 Å². The number of ether oxygens (including phenoxy) is 3. The summed E-state index contributed by atoms with van der Waals surface area (Å²) in [7, 11) is 0. The molecule has 2 aromatic rings. The molecule has 0 bridgehead atoms. The fraction of sp³-hybridized carbons (Fsp3) is 0.481. The molecule has 34 heavy (non-hydrogen) atoms. The third kappa shape index (κ3) is 3.91. The number of esters is 1. The van der Waals surface area contributed by atoms with E-state index in [-0.39, 0.29) is 23.2 Å². The van der Waals surface area contributed by atoms with E-state index >= 15 is 0 Å². The molecule has 180 valence electrons. The van der Waals surface area contributed by atoms with Crippen LogP contribution in [0.3, 0.4) is 0 Å². The number of carbonyl (C=O) groups is 2. The van der Waals surface area contributed by atoms with Crippen molar-refractivity contribution in [1.82, 2.24) is 4.90 Å². The standard InChI is InChI=1S/C27H32N2O5/c1-3-32-24(30)20-13-15-28(16-14-20)19-29-23-12-8-7-11-22(23)27(25(29)31)33-17-26(2,18-34-27)21-9-5-4-6-10-21/h4-12,20H,3,13-19H2,1-2H3. The Morgan fingerprint density at radius 2 is 1.68 bits per heavy atom. The number of carbonyl (C=O) groups excluding carboxylic acids is 2. The van der Waals surface area contributed by atoms with Gasteiger partial charge in [0.1, 0.15) is 0 Å². The van der Waals surface area contributed by atoms with E-state index < -0.39 is 5.79 Å². The maximum Gasteiger partial charge on any atom is 0.309 e. The highest BCUT2D eigenvalue weighted by Crippen LogP contribution is 2.48. The van der Waals surface area contributed by atoms with E-state index in [1.807, 2.05) is 49.4 Å². The van der Waals surface area contributed by atoms with Gasteiger partial charge >= 0.3 is 5.97 Å². The lowest BCUT2D eigenvalue weighted by atomic mass is 9.83. The summed E-state index contributed by atoms with van der Waals surface area (Å²) < 4.78 is 17.9. The van der Waals surface area contributed by atoms with Crippen molar-refractivity contribution in [3.8, 4) is 0 Å². The predicted octanol–water partition coefficient (Wildman–Crippen LogP) is 3.42. The van der Waals surface area contributed by atoms with Crippen LogP contribution >= 0.6 is 0 Å². The highest BCUT2D eigenvalue weighted by Gasteiger charge is 2.57. The van der Waals surface area contributed by atoms with Crippen LogP contribution in [-0.4, -0.2) is 56.4 Å². The predicted molar refractivity (Wildman–Crippen MR) is 127 cm³/mol. The molecule has 2 fully saturated rings. The third-order valence-corrected chi connectivity index (χ3v) is 7.28. The average Bonchev–Trinajstić information content (AvgIpc) is 3.10. The molecule has 7 heteroatoms. The Bertz CT molecular complexity index is 1040. The fourth-order valence-corrected chi connectivity index (χ4v) is 5.19. The van der Waals surface area contributed by atoms with Crippen LogP contribution in [0.25, 0.3) is 0 Å². The second-order valence-corrected chi connectivity index (χ2v) is 9.66. The Hall–Kier alpha value is -2.74. The highest BCUT2D eigenvalue weighted by atomic mass is 16.7. The van der Waals surface area contributed by atoms with Gasteiger partial charge in [-0.25, -0.2) is 0 Å². The number of hydrogen-bond acceptors (Lipinski definition) is 6. The second kappa shape index (κ2) is 9.13. The summed E-state index contributed by atoms with van der Waals surface area (Å²) in [5.41, 5.74) is 2.38. The molecule has 3 aliphatic rings. The Kier molecular flexibility index (Phi) is 6.18. The molecule has 2 aromatic carbocycles. The average molecular weight is 465 g/mol. The number of likely N-dealkylation sites (tertiary alicyclic amines) is 1. The molecule has 2 saturated heterocycles. The van der Waals surface area contributed by atoms with Crippen molar-refractivity contribution in [3.05, 3.63) is 65.7 Å². The van der Waals surface area contributed by atoms with Gasteiger partial charge in [0.25, 0.3) is 11.7 Å². The van der Waals surface area contributed by atoms with Crippen molar-refractivity contribution in [3.63, 3.8) is 0 Å². The summed E-state index contributed by atoms with van der Waals surface area (Å²) >= 11 is 0. The van der Waals surface area contributed by atoms with Gasteiger partial charge in [-0.15, -0.1) is 0 Å². The smallest absolute Gasteiger partial charge is 0.309 e. The maximum atomic E-state index is 13.8. The SMILES string of the molecule is CCOC(=O)C1CCN(CN2C(=O)C3(OCC(C)(c4ccccc4)CO3)c3ccccc32)CC1. The number of fused-ring (bicyclic) bond motifs is 2. The zero-order valence-corrected chi connectivity index (χ0v) is 19.9. The number of nitrogens with zero attached hydrogens (tertiary/aromatic N) is 2. The van der Waals surface area contributed by atoms with Gasteiger partial charge in [-0.1, -0.05) is 55.5 Å². The molecule has 0 aromatic heterocycles. The van der Waals surface area contributed by atoms with E-state index in [2.05, 4.69) is 24.0 Å². The lowest BCUT2D eigenvalue weighted by Gasteiger charge is -2.42. The first-order chi connectivity index (χ1) is 16.5. The van der Waals surface area contributed by atoms with Crippen molar-refractivity contribution in [2.24, 2.45) is 5.92 Å². The van der Waals surface area contributed by atoms with Crippen LogP contribution < -0.4 is 4.90 Å². The lowest BCUT2D eigenvalue weighted by Crippen LogP contribution is -2.55. The van der Waals surface area contributed by atoms with E-state index in [1.54, 1.807) is 4.90 Å². The molecule has 3 heterocycles. The summed E-state index contributed by atoms with van der Waals surface area (Å²) in [5.74, 6) is -1.77. The number of rotatable bonds is 5. The molecular formula is C27H32N2O5. The maximum absolute atomic E-state index is 13.8. The Labute approximate surface area is 200 Å². The summed E-state index contributed by atoms with van der Waals surface area (Å²) in [6.07, 6.45) is 1.46. The zero-order valence-electron chi connectivity index (χ0n) is 19.9. The van der Waals surface area contributed by atoms with Gasteiger partial charge in [0.2, 0.25) is 0 Å². The quantitative estimate of drug-likeness (QED) is 0.632. The minimum absolute atomic E-state index is 0.0650. The van der Waals surface area contributed by atoms with E-state index in [1.165, 1.54) is 0 Å². The van der Waals surface area contributed by atoms with E-state index in [0.717, 1.165) is 42.7 Å². The summed E-state index contributed by atoms with van der Waals surface area (Å²) in [6.45, 7) is 7.01. The van der Waals surface area contributed by atoms with Gasteiger partial charge in [0, 0.05) is 24.1 Å². The van der Waals surface area contributed by atoms with Gasteiger partial charge in [-0.05, 0) is 31.4 Å². The molecule has 1 spiro atoms. The van der Waals surface area contributed by atoms with Crippen LogP contribution in [0.15, 0.2) is 54.6 Å². The number of amides is 1. The monoisotopic (exact) mass is 464 g/mol. The summed E-state index contributed by atoms with van der Waals surface area (Å²) in [6, 6.07) is 17.9. The first kappa shape index (κ1) is 23.0. The van der Waals surface area contributed by atoms with Gasteiger partial charge in [-0.2, -0.15) is 0 Å². The first-order valence-corrected chi connectivity index (χ1v) is 12.1. The Balaban J connectivity index is 1.32. The summed E-state index contributed by atoms with van der Waals surface area (Å²) in [4.78, 5) is 29.9. The summed E-state index contributed by atoms with van der Waals surface area (Å²) in [5, 5.41) is 0. The van der Waals surface area contributed by atoms with Crippen molar-refractivity contribution in [1.29, 1.82) is 0 Å². The minimum atomic E-state index is -1.41. The largest absolute Gasteiger partial charge is 0.466 e. The van der Waals surface area contributed by atoms with Crippen LogP contribution in [0.2, 0.25) is 0 Å². The highest BCUT2D eigenvalue weighted by molar-refractivity contribution is 6.06. The molecule has 0 unspecified atom stereocenters. The Morgan fingerprint density at radius 3 is 2.35 bits per heavy atom. The molecule has 0 N–H and O–H groups in total. The third-order valence-electron chi connectivity index (χ3n) is 7.28. The van der Waals surface area contributed by atoms with Gasteiger partial charge in [-0.3, -0.25) is 19.4 Å². The van der Waals surface area contributed by atoms with Crippen molar-refractivity contribution in [2.45, 2.75) is 37.9 Å². The van der Waals surface area contributed by atoms with E-state index in [9.17, 15) is 9.59 Å². The van der Waals surface area contributed by atoms with Crippen LogP contribution in [0.5, 0.6) is 0 Å². The topological polar surface area (TPSA) is 68.3 Å². The van der Waals surface area contributed by atoms with E-state index in [0.29, 0.717) is 26.5 Å². The normalized spacial score (nSPS) is 27.7. The lowest BCUT2D eigenvalue weighted by molar-refractivity contribution is -0.276. The molecule has 0 radical (unpaired) electrons. The number of para-hydroxylation sites is 1. The van der Waals surface area contributed by atoms with Crippen molar-refractivity contribution >= 4 is 17.6 Å². The zero-order chi connectivity index (χ0) is 23.8. The molecule has 0 saturated carbocycles. The molecule has 1 amide bonds. The van der Waals surface area contributed by atoms with E-state index in [4.69, 9.17) is 14.2 Å². The van der Waals surface area contributed by atoms with Crippen LogP contribution in [0.1, 0.15) is 37.8 Å². The Morgan fingerprint density at radius 1 is 1.03 bits per heavy atom. The van der Waals surface area contributed by atoms with Crippen molar-refractivity contribution in [2.75, 3.05) is 44.5 Å². The van der Waals surface area contributed by atoms with Gasteiger partial charge in [0.05, 0.1) is 38.1 Å². The molecular weight excluding hydrogens is 432 g/mol. The van der Waals surface area contributed by atoms with Crippen LogP contribution in [0, 0.1) is 5.92 Å². The number of benzene rings is 2. The van der Waals surface area contributed by atoms with Crippen molar-refractivity contribution < 1.29 is 23.8 Å². The molecule has 0 aliphatic carbocycles. The fourth-order valence-electron chi connectivity index (χ4n) is 5.19. The van der Waals surface area contributed by atoms with Crippen LogP contribution in [-0.2, 0) is 35.0 Å². The second-order valence-electron chi connectivity index (χ2n) is 9.66. The molecule has 0 atom stereocenters. The minimum Gasteiger partial charge on any atom is -0.466 e. The number of piperidine rings is 1. The molecule has 5 rings (SSSR count).